The van der Waals surface area contributed by atoms with E-state index in [1.54, 1.807) is 39.1 Å². The number of aromatic nitrogens is 1. The van der Waals surface area contributed by atoms with Gasteiger partial charge in [-0.05, 0) is 36.4 Å². The summed E-state index contributed by atoms with van der Waals surface area (Å²) < 4.78 is 0. The molecular formula is C24H26ClN3O4. The molecule has 3 rings (SSSR count). The maximum Gasteiger partial charge on any atom is 0.258 e. The minimum Gasteiger partial charge on any atom is -0.508 e. The molecule has 0 atom stereocenters. The van der Waals surface area contributed by atoms with Crippen LogP contribution < -0.4 is 5.32 Å². The third kappa shape index (κ3) is 5.48. The van der Waals surface area contributed by atoms with Crippen molar-refractivity contribution in [1.29, 1.82) is 0 Å². The lowest BCUT2D eigenvalue weighted by atomic mass is 9.90. The number of fused-ring (bicyclic) bond motifs is 1. The molecule has 1 heterocycles. The Labute approximate surface area is 191 Å². The van der Waals surface area contributed by atoms with Crippen molar-refractivity contribution in [3.8, 4) is 11.5 Å². The summed E-state index contributed by atoms with van der Waals surface area (Å²) in [6.45, 7) is 5.87. The Kier molecular flexibility index (Phi) is 6.89. The fraction of sp³-hybridized carbons (Fsp3) is 0.292. The lowest BCUT2D eigenvalue weighted by Gasteiger charge is -2.26. The third-order valence-electron chi connectivity index (χ3n) is 5.07. The highest BCUT2D eigenvalue weighted by atomic mass is 35.5. The van der Waals surface area contributed by atoms with Crippen LogP contribution in [0.25, 0.3) is 10.9 Å². The van der Waals surface area contributed by atoms with Crippen LogP contribution in [0.5, 0.6) is 11.5 Å². The molecule has 7 nitrogen and oxygen atoms in total. The second-order valence-corrected chi connectivity index (χ2v) is 8.98. The van der Waals surface area contributed by atoms with E-state index in [4.69, 9.17) is 11.6 Å². The molecule has 1 amide bonds. The molecule has 3 N–H and O–H groups in total. The van der Waals surface area contributed by atoms with E-state index in [-0.39, 0.29) is 35.9 Å². The van der Waals surface area contributed by atoms with Crippen molar-refractivity contribution in [2.75, 3.05) is 25.0 Å². The van der Waals surface area contributed by atoms with E-state index in [1.165, 1.54) is 17.0 Å². The van der Waals surface area contributed by atoms with E-state index in [2.05, 4.69) is 10.3 Å². The number of phenols is 2. The lowest BCUT2D eigenvalue weighted by Crippen LogP contribution is -2.42. The van der Waals surface area contributed by atoms with E-state index in [1.807, 2.05) is 12.1 Å². The number of amides is 1. The smallest absolute Gasteiger partial charge is 0.258 e. The Morgan fingerprint density at radius 1 is 1.09 bits per heavy atom. The molecule has 32 heavy (non-hydrogen) atoms. The summed E-state index contributed by atoms with van der Waals surface area (Å²) in [5, 5.41) is 24.4. The van der Waals surface area contributed by atoms with Crippen LogP contribution in [-0.4, -0.2) is 51.4 Å². The molecule has 1 aromatic heterocycles. The van der Waals surface area contributed by atoms with Crippen LogP contribution in [0.2, 0.25) is 5.02 Å². The predicted octanol–water partition coefficient (Wildman–Crippen LogP) is 4.47. The number of nitrogens with zero attached hydrogens (tertiary/aromatic N) is 2. The number of carbonyl (C=O) groups excluding carboxylic acids is 2. The van der Waals surface area contributed by atoms with Crippen molar-refractivity contribution in [2.24, 2.45) is 5.41 Å². The van der Waals surface area contributed by atoms with Gasteiger partial charge in [0.2, 0.25) is 0 Å². The van der Waals surface area contributed by atoms with Crippen molar-refractivity contribution in [3.05, 3.63) is 59.2 Å². The van der Waals surface area contributed by atoms with E-state index in [0.717, 1.165) is 22.7 Å². The average molecular weight is 456 g/mol. The van der Waals surface area contributed by atoms with Gasteiger partial charge in [-0.25, -0.2) is 0 Å². The summed E-state index contributed by atoms with van der Waals surface area (Å²) in [6, 6.07) is 11.0. The third-order valence-corrected chi connectivity index (χ3v) is 5.31. The largest absolute Gasteiger partial charge is 0.508 e. The number of aromatic hydroxyl groups is 2. The summed E-state index contributed by atoms with van der Waals surface area (Å²) >= 11 is 6.05. The number of ketones is 1. The normalized spacial score (nSPS) is 11.4. The zero-order chi connectivity index (χ0) is 23.5. The van der Waals surface area contributed by atoms with Crippen molar-refractivity contribution in [1.82, 2.24) is 9.88 Å². The fourth-order valence-corrected chi connectivity index (χ4v) is 3.30. The molecule has 0 saturated heterocycles. The van der Waals surface area contributed by atoms with Crippen molar-refractivity contribution in [3.63, 3.8) is 0 Å². The summed E-state index contributed by atoms with van der Waals surface area (Å²) in [7, 11) is 0. The van der Waals surface area contributed by atoms with Crippen LogP contribution in [0.15, 0.2) is 48.7 Å². The number of halogens is 1. The number of carbonyl (C=O) groups is 2. The topological polar surface area (TPSA) is 103 Å². The van der Waals surface area contributed by atoms with Crippen LogP contribution in [0.3, 0.4) is 0 Å². The van der Waals surface area contributed by atoms with E-state index < -0.39 is 11.3 Å². The molecule has 0 spiro atoms. The highest BCUT2D eigenvalue weighted by molar-refractivity contribution is 6.31. The van der Waals surface area contributed by atoms with E-state index in [0.29, 0.717) is 11.6 Å². The summed E-state index contributed by atoms with van der Waals surface area (Å²) in [5.41, 5.74) is 0.971. The van der Waals surface area contributed by atoms with Gasteiger partial charge in [0.15, 0.2) is 5.78 Å². The molecule has 0 radical (unpaired) electrons. The average Bonchev–Trinajstić information content (AvgIpc) is 2.71. The number of phenolic OH excluding ortho intramolecular Hbond substituents is 2. The molecule has 0 fully saturated rings. The van der Waals surface area contributed by atoms with Gasteiger partial charge in [0, 0.05) is 46.9 Å². The van der Waals surface area contributed by atoms with Crippen LogP contribution in [0, 0.1) is 5.41 Å². The monoisotopic (exact) mass is 455 g/mol. The van der Waals surface area contributed by atoms with Crippen molar-refractivity contribution < 1.29 is 19.8 Å². The number of Topliss-reactive ketones (excluding diaryl/α,β-unsaturated/α-hetero) is 1. The maximum atomic E-state index is 13.1. The van der Waals surface area contributed by atoms with Gasteiger partial charge in [0.1, 0.15) is 11.5 Å². The van der Waals surface area contributed by atoms with Gasteiger partial charge in [0.25, 0.3) is 5.91 Å². The van der Waals surface area contributed by atoms with Crippen molar-refractivity contribution >= 4 is 39.9 Å². The second-order valence-electron chi connectivity index (χ2n) is 8.55. The molecule has 0 bridgehead atoms. The predicted molar refractivity (Wildman–Crippen MR) is 125 cm³/mol. The molecule has 8 heteroatoms. The Morgan fingerprint density at radius 2 is 1.84 bits per heavy atom. The Bertz CT molecular complexity index is 1160. The number of benzene rings is 2. The quantitative estimate of drug-likeness (QED) is 0.485. The molecule has 0 aliphatic carbocycles. The highest BCUT2D eigenvalue weighted by Gasteiger charge is 2.27. The standard InChI is InChI=1S/C24H26ClN3O4/c1-24(2,3)22(31)14-28(23(32)18-7-5-16(29)13-21(18)30)11-10-27-19-8-9-26-20-12-15(25)4-6-17(19)20/h4-9,12-13,29-30H,10-11,14H2,1-3H3,(H,26,27). The molecule has 0 aliphatic heterocycles. The van der Waals surface area contributed by atoms with Crippen molar-refractivity contribution in [2.45, 2.75) is 20.8 Å². The van der Waals surface area contributed by atoms with Crippen LogP contribution >= 0.6 is 11.6 Å². The first kappa shape index (κ1) is 23.3. The number of rotatable bonds is 7. The van der Waals surface area contributed by atoms with E-state index in [9.17, 15) is 19.8 Å². The zero-order valence-electron chi connectivity index (χ0n) is 18.2. The minimum atomic E-state index is -0.621. The summed E-state index contributed by atoms with van der Waals surface area (Å²) in [4.78, 5) is 31.5. The minimum absolute atomic E-state index is 0.0218. The van der Waals surface area contributed by atoms with Gasteiger partial charge in [-0.15, -0.1) is 0 Å². The van der Waals surface area contributed by atoms with Gasteiger partial charge < -0.3 is 20.4 Å². The number of anilines is 1. The zero-order valence-corrected chi connectivity index (χ0v) is 19.0. The molecule has 3 aromatic rings. The van der Waals surface area contributed by atoms with Gasteiger partial charge >= 0.3 is 0 Å². The number of nitrogens with one attached hydrogen (secondary N) is 1. The van der Waals surface area contributed by atoms with Gasteiger partial charge in [-0.3, -0.25) is 14.6 Å². The second kappa shape index (κ2) is 9.44. The molecule has 0 unspecified atom stereocenters. The Hall–Kier alpha value is -3.32. The fourth-order valence-electron chi connectivity index (χ4n) is 3.14. The van der Waals surface area contributed by atoms with Crippen LogP contribution in [0.4, 0.5) is 5.69 Å². The van der Waals surface area contributed by atoms with E-state index >= 15 is 0 Å². The Morgan fingerprint density at radius 3 is 2.53 bits per heavy atom. The lowest BCUT2D eigenvalue weighted by molar-refractivity contribution is -0.126. The molecule has 168 valence electrons. The summed E-state index contributed by atoms with van der Waals surface area (Å²) in [5.74, 6) is -1.09. The number of pyridine rings is 1. The SMILES string of the molecule is CC(C)(C)C(=O)CN(CCNc1ccnc2cc(Cl)ccc12)C(=O)c1ccc(O)cc1O. The first-order chi connectivity index (χ1) is 15.1. The molecular weight excluding hydrogens is 430 g/mol. The van der Waals surface area contributed by atoms with Crippen LogP contribution in [-0.2, 0) is 4.79 Å². The first-order valence-corrected chi connectivity index (χ1v) is 10.6. The molecule has 2 aromatic carbocycles. The van der Waals surface area contributed by atoms with Crippen LogP contribution in [0.1, 0.15) is 31.1 Å². The maximum absolute atomic E-state index is 13.1. The number of hydrogen-bond acceptors (Lipinski definition) is 6. The molecule has 0 aliphatic rings. The highest BCUT2D eigenvalue weighted by Crippen LogP contribution is 2.26. The molecule has 0 saturated carbocycles. The first-order valence-electron chi connectivity index (χ1n) is 10.2. The Balaban J connectivity index is 1.80. The summed E-state index contributed by atoms with van der Waals surface area (Å²) in [6.07, 6.45) is 1.67. The van der Waals surface area contributed by atoms with Gasteiger partial charge in [0.05, 0.1) is 17.6 Å². The van der Waals surface area contributed by atoms with Gasteiger partial charge in [-0.1, -0.05) is 32.4 Å². The van der Waals surface area contributed by atoms with Gasteiger partial charge in [-0.2, -0.15) is 0 Å². The number of hydrogen-bond donors (Lipinski definition) is 3.